The van der Waals surface area contributed by atoms with E-state index in [1.54, 1.807) is 13.3 Å². The van der Waals surface area contributed by atoms with Gasteiger partial charge in [0.05, 0.1) is 24.3 Å². The van der Waals surface area contributed by atoms with Crippen molar-refractivity contribution in [1.82, 2.24) is 4.90 Å². The van der Waals surface area contributed by atoms with Gasteiger partial charge < -0.3 is 10.1 Å². The summed E-state index contributed by atoms with van der Waals surface area (Å²) in [6.45, 7) is 4.47. The number of benzene rings is 2. The fourth-order valence-electron chi connectivity index (χ4n) is 5.65. The first kappa shape index (κ1) is 23.5. The number of carbonyl (C=O) groups excluding carboxylic acids is 1. The van der Waals surface area contributed by atoms with Crippen LogP contribution in [0.2, 0.25) is 0 Å². The van der Waals surface area contributed by atoms with Gasteiger partial charge in [0.25, 0.3) is 0 Å². The van der Waals surface area contributed by atoms with Crippen molar-refractivity contribution in [2.45, 2.75) is 62.4 Å². The third-order valence-corrected chi connectivity index (χ3v) is 7.53. The number of hydrogen-bond donors (Lipinski definition) is 1. The van der Waals surface area contributed by atoms with Gasteiger partial charge in [0.1, 0.15) is 11.3 Å². The second kappa shape index (κ2) is 8.15. The highest BCUT2D eigenvalue weighted by molar-refractivity contribution is 6.06. The molecule has 1 saturated heterocycles. The molecule has 2 aromatic rings. The highest BCUT2D eigenvalue weighted by atomic mass is 19.4. The van der Waals surface area contributed by atoms with Crippen molar-refractivity contribution in [1.29, 1.82) is 0 Å². The first-order valence-electron chi connectivity index (χ1n) is 11.4. The molecule has 0 bridgehead atoms. The van der Waals surface area contributed by atoms with Crippen molar-refractivity contribution >= 4 is 17.8 Å². The first-order chi connectivity index (χ1) is 16.6. The molecule has 35 heavy (non-hydrogen) atoms. The molecule has 5 rings (SSSR count). The number of methoxy groups -OCH3 is 1. The van der Waals surface area contributed by atoms with Gasteiger partial charge in [-0.1, -0.05) is 12.1 Å². The second-order valence-corrected chi connectivity index (χ2v) is 9.75. The molecule has 0 aliphatic carbocycles. The Morgan fingerprint density at radius 2 is 1.91 bits per heavy atom. The number of hydrogen-bond acceptors (Lipinski definition) is 6. The van der Waals surface area contributed by atoms with E-state index in [9.17, 15) is 18.0 Å². The molecule has 3 aliphatic heterocycles. The fraction of sp³-hybridized carbons (Fsp3) is 0.440. The van der Waals surface area contributed by atoms with Gasteiger partial charge in [-0.2, -0.15) is 18.3 Å². The fourth-order valence-corrected chi connectivity index (χ4v) is 5.65. The number of ether oxygens (including phenoxy) is 1. The monoisotopic (exact) mass is 485 g/mol. The van der Waals surface area contributed by atoms with Crippen LogP contribution in [0.1, 0.15) is 43.4 Å². The Bertz CT molecular complexity index is 1200. The van der Waals surface area contributed by atoms with Crippen LogP contribution in [0.5, 0.6) is 5.75 Å². The molecule has 1 fully saturated rings. The van der Waals surface area contributed by atoms with Crippen molar-refractivity contribution in [2.24, 2.45) is 15.4 Å². The van der Waals surface area contributed by atoms with E-state index < -0.39 is 22.7 Å². The van der Waals surface area contributed by atoms with Gasteiger partial charge in [-0.25, -0.2) is 0 Å². The maximum Gasteiger partial charge on any atom is 0.416 e. The largest absolute Gasteiger partial charge is 0.497 e. The van der Waals surface area contributed by atoms with E-state index in [1.165, 1.54) is 6.07 Å². The van der Waals surface area contributed by atoms with Crippen LogP contribution in [-0.4, -0.2) is 41.8 Å². The average molecular weight is 486 g/mol. The van der Waals surface area contributed by atoms with Crippen LogP contribution in [0, 0.1) is 0 Å². The Labute approximate surface area is 201 Å². The number of nitrogens with zero attached hydrogens (tertiary/aromatic N) is 4. The van der Waals surface area contributed by atoms with Crippen molar-refractivity contribution in [2.75, 3.05) is 12.4 Å². The summed E-state index contributed by atoms with van der Waals surface area (Å²) >= 11 is 0. The summed E-state index contributed by atoms with van der Waals surface area (Å²) in [6.07, 6.45) is -2.18. The lowest BCUT2D eigenvalue weighted by Crippen LogP contribution is -2.62. The molecule has 0 radical (unpaired) electrons. The summed E-state index contributed by atoms with van der Waals surface area (Å²) in [4.78, 5) is 15.7. The number of amides is 1. The highest BCUT2D eigenvalue weighted by Gasteiger charge is 2.57. The van der Waals surface area contributed by atoms with Crippen LogP contribution in [0.4, 0.5) is 18.9 Å². The molecule has 1 N–H and O–H groups in total. The van der Waals surface area contributed by atoms with Gasteiger partial charge in [-0.05, 0) is 73.4 Å². The number of likely N-dealkylation sites (tertiary alicyclic amines) is 1. The van der Waals surface area contributed by atoms with Crippen LogP contribution in [0.25, 0.3) is 0 Å². The van der Waals surface area contributed by atoms with Gasteiger partial charge in [-0.3, -0.25) is 9.69 Å². The molecule has 1 spiro atoms. The van der Waals surface area contributed by atoms with E-state index in [0.29, 0.717) is 24.2 Å². The molecule has 1 amide bonds. The Morgan fingerprint density at radius 1 is 1.17 bits per heavy atom. The molecule has 2 aromatic carbocycles. The van der Waals surface area contributed by atoms with Crippen molar-refractivity contribution in [3.8, 4) is 5.75 Å². The molecular weight excluding hydrogens is 459 g/mol. The number of fused-ring (bicyclic) bond motifs is 2. The Balaban J connectivity index is 1.56. The van der Waals surface area contributed by atoms with E-state index in [0.717, 1.165) is 23.4 Å². The lowest BCUT2D eigenvalue weighted by atomic mass is 9.65. The number of nitrogens with one attached hydrogen (secondary N) is 1. The maximum absolute atomic E-state index is 13.6. The molecule has 184 valence electrons. The molecule has 0 aromatic heterocycles. The first-order valence-corrected chi connectivity index (χ1v) is 11.4. The SMILES string of the molecule is COc1ccc(CN2[C@H]([C@@]3(C)C=NN=N3)C[C@]3(C[C@@H]2C)C(=O)Nc2ccc(C(F)(F)F)cc23)cc1. The van der Waals surface area contributed by atoms with Crippen molar-refractivity contribution in [3.63, 3.8) is 0 Å². The third kappa shape index (κ3) is 3.89. The smallest absolute Gasteiger partial charge is 0.416 e. The molecule has 3 aliphatic rings. The summed E-state index contributed by atoms with van der Waals surface area (Å²) in [5, 5.41) is 15.0. The molecular formula is C25H26F3N5O2. The van der Waals surface area contributed by atoms with Crippen LogP contribution in [0.15, 0.2) is 57.9 Å². The number of piperidine rings is 1. The van der Waals surface area contributed by atoms with E-state index in [2.05, 4.69) is 25.7 Å². The summed E-state index contributed by atoms with van der Waals surface area (Å²) in [6, 6.07) is 10.8. The third-order valence-electron chi connectivity index (χ3n) is 7.53. The summed E-state index contributed by atoms with van der Waals surface area (Å²) < 4.78 is 45.9. The van der Waals surface area contributed by atoms with Gasteiger partial charge >= 0.3 is 6.18 Å². The molecule has 7 nitrogen and oxygen atoms in total. The van der Waals surface area contributed by atoms with E-state index in [4.69, 9.17) is 4.74 Å². The zero-order chi connectivity index (χ0) is 25.0. The molecule has 4 atom stereocenters. The number of alkyl halides is 3. The van der Waals surface area contributed by atoms with E-state index in [-0.39, 0.29) is 24.4 Å². The molecule has 0 saturated carbocycles. The van der Waals surface area contributed by atoms with Gasteiger partial charge in [0.15, 0.2) is 0 Å². The summed E-state index contributed by atoms with van der Waals surface area (Å²) in [5.74, 6) is 0.475. The minimum Gasteiger partial charge on any atom is -0.497 e. The lowest BCUT2D eigenvalue weighted by molar-refractivity contribution is -0.137. The normalized spacial score (nSPS) is 30.1. The van der Waals surface area contributed by atoms with Gasteiger partial charge in [0, 0.05) is 24.3 Å². The standard InChI is InChI=1S/C25H26F3N5O2/c1-15-11-24(19-10-17(25(26,27)28)6-9-20(19)30-22(24)34)12-21(23(2)14-29-32-31-23)33(15)13-16-4-7-18(35-3)8-5-16/h4-10,14-15,21H,11-13H2,1-3H3,(H,30,34)/t15-,21-,23+,24-/m0/s1. The predicted octanol–water partition coefficient (Wildman–Crippen LogP) is 5.17. The Kier molecular flexibility index (Phi) is 5.47. The highest BCUT2D eigenvalue weighted by Crippen LogP contribution is 2.52. The van der Waals surface area contributed by atoms with E-state index in [1.807, 2.05) is 38.1 Å². The quantitative estimate of drug-likeness (QED) is 0.649. The average Bonchev–Trinajstić information content (AvgIpc) is 3.37. The number of halogens is 3. The summed E-state index contributed by atoms with van der Waals surface area (Å²) in [5.41, 5.74) is -0.807. The van der Waals surface area contributed by atoms with Crippen LogP contribution < -0.4 is 10.1 Å². The Hall–Kier alpha value is -3.27. The van der Waals surface area contributed by atoms with Crippen LogP contribution in [0.3, 0.4) is 0 Å². The minimum atomic E-state index is -4.50. The van der Waals surface area contributed by atoms with Gasteiger partial charge in [0.2, 0.25) is 5.91 Å². The molecule has 0 unspecified atom stereocenters. The van der Waals surface area contributed by atoms with Crippen molar-refractivity contribution < 1.29 is 22.7 Å². The topological polar surface area (TPSA) is 78.7 Å². The zero-order valence-electron chi connectivity index (χ0n) is 19.6. The second-order valence-electron chi connectivity index (χ2n) is 9.75. The number of anilines is 1. The maximum atomic E-state index is 13.6. The molecule has 10 heteroatoms. The molecule has 3 heterocycles. The van der Waals surface area contributed by atoms with Crippen molar-refractivity contribution in [3.05, 3.63) is 59.2 Å². The zero-order valence-corrected chi connectivity index (χ0v) is 19.6. The summed E-state index contributed by atoms with van der Waals surface area (Å²) in [7, 11) is 1.61. The number of carbonyl (C=O) groups is 1. The Morgan fingerprint density at radius 3 is 2.54 bits per heavy atom. The van der Waals surface area contributed by atoms with E-state index >= 15 is 0 Å². The van der Waals surface area contributed by atoms with Gasteiger partial charge in [-0.15, -0.1) is 5.10 Å². The predicted molar refractivity (Wildman–Crippen MR) is 125 cm³/mol. The lowest BCUT2D eigenvalue weighted by Gasteiger charge is -2.51. The minimum absolute atomic E-state index is 0.136. The van der Waals surface area contributed by atoms with Crippen LogP contribution >= 0.6 is 0 Å². The number of rotatable bonds is 4. The van der Waals surface area contributed by atoms with Crippen LogP contribution in [-0.2, 0) is 22.9 Å².